The third-order valence-corrected chi connectivity index (χ3v) is 4.45. The average molecular weight is 265 g/mol. The van der Waals surface area contributed by atoms with Crippen LogP contribution >= 0.6 is 0 Å². The van der Waals surface area contributed by atoms with E-state index in [2.05, 4.69) is 39.6 Å². The minimum Gasteiger partial charge on any atom is -0.353 e. The van der Waals surface area contributed by atoms with Gasteiger partial charge in [-0.3, -0.25) is 4.98 Å². The molecule has 0 atom stereocenters. The van der Waals surface area contributed by atoms with Crippen LogP contribution < -0.4 is 5.32 Å². The van der Waals surface area contributed by atoms with Gasteiger partial charge in [0.05, 0.1) is 11.7 Å². The lowest BCUT2D eigenvalue weighted by molar-refractivity contribution is 0.373. The van der Waals surface area contributed by atoms with E-state index >= 15 is 0 Å². The fraction of sp³-hybridized carbons (Fsp3) is 0.353. The predicted octanol–water partition coefficient (Wildman–Crippen LogP) is 3.26. The maximum atomic E-state index is 4.19. The molecule has 20 heavy (non-hydrogen) atoms. The first-order valence-corrected chi connectivity index (χ1v) is 7.45. The highest BCUT2D eigenvalue weighted by atomic mass is 14.9. The van der Waals surface area contributed by atoms with Crippen LogP contribution in [0.1, 0.15) is 18.4 Å². The van der Waals surface area contributed by atoms with E-state index in [4.69, 9.17) is 0 Å². The quantitative estimate of drug-likeness (QED) is 0.746. The summed E-state index contributed by atoms with van der Waals surface area (Å²) in [5.41, 5.74) is 3.80. The Kier molecular flexibility index (Phi) is 2.92. The lowest BCUT2D eigenvalue weighted by Crippen LogP contribution is -2.28. The second kappa shape index (κ2) is 4.91. The van der Waals surface area contributed by atoms with E-state index in [1.54, 1.807) is 0 Å². The summed E-state index contributed by atoms with van der Waals surface area (Å²) in [4.78, 5) is 7.62. The van der Waals surface area contributed by atoms with Crippen molar-refractivity contribution in [2.45, 2.75) is 19.3 Å². The van der Waals surface area contributed by atoms with E-state index in [0.717, 1.165) is 11.4 Å². The van der Waals surface area contributed by atoms with Gasteiger partial charge in [-0.1, -0.05) is 6.07 Å². The number of nitrogens with zero attached hydrogens (tertiary/aromatic N) is 1. The molecule has 1 aliphatic heterocycles. The molecule has 2 aromatic heterocycles. The highest BCUT2D eigenvalue weighted by molar-refractivity contribution is 6.06. The molecule has 2 N–H and O–H groups in total. The van der Waals surface area contributed by atoms with Gasteiger partial charge in [-0.2, -0.15) is 0 Å². The molecule has 0 aliphatic carbocycles. The lowest BCUT2D eigenvalue weighted by Gasteiger charge is -2.22. The van der Waals surface area contributed by atoms with Crippen LogP contribution in [0.25, 0.3) is 21.8 Å². The Hall–Kier alpha value is -1.87. The van der Waals surface area contributed by atoms with Gasteiger partial charge in [0.15, 0.2) is 0 Å². The number of piperidine rings is 1. The molecule has 1 aliphatic rings. The molecule has 1 fully saturated rings. The zero-order chi connectivity index (χ0) is 13.4. The van der Waals surface area contributed by atoms with Gasteiger partial charge >= 0.3 is 0 Å². The van der Waals surface area contributed by atoms with Gasteiger partial charge in [0.1, 0.15) is 0 Å². The van der Waals surface area contributed by atoms with Crippen molar-refractivity contribution in [3.63, 3.8) is 0 Å². The van der Waals surface area contributed by atoms with E-state index in [-0.39, 0.29) is 0 Å². The monoisotopic (exact) mass is 265 g/mol. The first kappa shape index (κ1) is 11.9. The molecule has 3 heteroatoms. The van der Waals surface area contributed by atoms with Gasteiger partial charge in [0.25, 0.3) is 0 Å². The van der Waals surface area contributed by atoms with Crippen molar-refractivity contribution in [3.8, 4) is 0 Å². The Morgan fingerprint density at radius 1 is 1.05 bits per heavy atom. The van der Waals surface area contributed by atoms with Crippen LogP contribution in [0.5, 0.6) is 0 Å². The minimum absolute atomic E-state index is 0.834. The smallest absolute Gasteiger partial charge is 0.0651 e. The number of fused-ring (bicyclic) bond motifs is 3. The molecule has 102 valence electrons. The standard InChI is InChI=1S/C17H19N3/c1-2-16-15(14-5-8-19-11-17(14)20-16)10-13(1)9-12-3-6-18-7-4-12/h1-2,5,8,10-12,18,20H,3-4,6-7,9H2. The van der Waals surface area contributed by atoms with Crippen molar-refractivity contribution >= 4 is 21.8 Å². The summed E-state index contributed by atoms with van der Waals surface area (Å²) in [6.07, 6.45) is 7.58. The van der Waals surface area contributed by atoms with Gasteiger partial charge in [0, 0.05) is 22.5 Å². The number of pyridine rings is 1. The second-order valence-corrected chi connectivity index (χ2v) is 5.82. The zero-order valence-electron chi connectivity index (χ0n) is 11.5. The molecular weight excluding hydrogens is 246 g/mol. The Bertz CT molecular complexity index is 738. The molecule has 0 radical (unpaired) electrons. The van der Waals surface area contributed by atoms with Gasteiger partial charge < -0.3 is 10.3 Å². The molecule has 0 amide bonds. The second-order valence-electron chi connectivity index (χ2n) is 5.82. The van der Waals surface area contributed by atoms with E-state index in [1.165, 1.54) is 54.2 Å². The van der Waals surface area contributed by atoms with Gasteiger partial charge in [-0.15, -0.1) is 0 Å². The van der Waals surface area contributed by atoms with Crippen molar-refractivity contribution in [1.29, 1.82) is 0 Å². The van der Waals surface area contributed by atoms with Crippen LogP contribution in [0.3, 0.4) is 0 Å². The number of hydrogen-bond acceptors (Lipinski definition) is 2. The first-order chi connectivity index (χ1) is 9.90. The highest BCUT2D eigenvalue weighted by Gasteiger charge is 2.14. The maximum absolute atomic E-state index is 4.19. The molecule has 0 saturated carbocycles. The van der Waals surface area contributed by atoms with Crippen molar-refractivity contribution in [2.75, 3.05) is 13.1 Å². The summed E-state index contributed by atoms with van der Waals surface area (Å²) in [5.74, 6) is 0.834. The Labute approximate surface area is 118 Å². The van der Waals surface area contributed by atoms with Crippen LogP contribution in [0.2, 0.25) is 0 Å². The maximum Gasteiger partial charge on any atom is 0.0651 e. The highest BCUT2D eigenvalue weighted by Crippen LogP contribution is 2.27. The number of benzene rings is 1. The van der Waals surface area contributed by atoms with Crippen molar-refractivity contribution in [3.05, 3.63) is 42.2 Å². The van der Waals surface area contributed by atoms with Crippen molar-refractivity contribution in [2.24, 2.45) is 5.92 Å². The molecular formula is C17H19N3. The number of aromatic nitrogens is 2. The van der Waals surface area contributed by atoms with Gasteiger partial charge in [-0.25, -0.2) is 0 Å². The predicted molar refractivity (Wildman–Crippen MR) is 82.9 cm³/mol. The van der Waals surface area contributed by atoms with Gasteiger partial charge in [0.2, 0.25) is 0 Å². The summed E-state index contributed by atoms with van der Waals surface area (Å²) in [5, 5.41) is 6.05. The summed E-state index contributed by atoms with van der Waals surface area (Å²) in [7, 11) is 0. The normalized spacial score (nSPS) is 17.0. The van der Waals surface area contributed by atoms with Gasteiger partial charge in [-0.05, 0) is 62.0 Å². The molecule has 3 heterocycles. The Morgan fingerprint density at radius 2 is 1.95 bits per heavy atom. The third-order valence-electron chi connectivity index (χ3n) is 4.45. The third kappa shape index (κ3) is 2.08. The summed E-state index contributed by atoms with van der Waals surface area (Å²) < 4.78 is 0. The van der Waals surface area contributed by atoms with Crippen LogP contribution in [-0.2, 0) is 6.42 Å². The summed E-state index contributed by atoms with van der Waals surface area (Å²) in [6.45, 7) is 2.34. The van der Waals surface area contributed by atoms with Crippen LogP contribution in [0.4, 0.5) is 0 Å². The zero-order valence-corrected chi connectivity index (χ0v) is 11.5. The topological polar surface area (TPSA) is 40.7 Å². The largest absolute Gasteiger partial charge is 0.353 e. The van der Waals surface area contributed by atoms with E-state index in [1.807, 2.05) is 12.4 Å². The lowest BCUT2D eigenvalue weighted by atomic mass is 9.90. The fourth-order valence-electron chi connectivity index (χ4n) is 3.34. The van der Waals surface area contributed by atoms with E-state index < -0.39 is 0 Å². The molecule has 0 spiro atoms. The fourth-order valence-corrected chi connectivity index (χ4v) is 3.34. The molecule has 3 aromatic rings. The minimum atomic E-state index is 0.834. The molecule has 4 rings (SSSR count). The number of H-pyrrole nitrogens is 1. The van der Waals surface area contributed by atoms with Crippen molar-refractivity contribution < 1.29 is 0 Å². The van der Waals surface area contributed by atoms with Crippen LogP contribution in [-0.4, -0.2) is 23.1 Å². The molecule has 1 aromatic carbocycles. The number of hydrogen-bond donors (Lipinski definition) is 2. The van der Waals surface area contributed by atoms with E-state index in [9.17, 15) is 0 Å². The van der Waals surface area contributed by atoms with E-state index in [0.29, 0.717) is 0 Å². The average Bonchev–Trinajstić information content (AvgIpc) is 2.86. The van der Waals surface area contributed by atoms with Crippen LogP contribution in [0.15, 0.2) is 36.7 Å². The molecule has 0 bridgehead atoms. The number of nitrogens with one attached hydrogen (secondary N) is 2. The van der Waals surface area contributed by atoms with Crippen molar-refractivity contribution in [1.82, 2.24) is 15.3 Å². The van der Waals surface area contributed by atoms with Crippen LogP contribution in [0, 0.1) is 5.92 Å². The summed E-state index contributed by atoms with van der Waals surface area (Å²) in [6, 6.07) is 8.94. The number of rotatable bonds is 2. The Balaban J connectivity index is 1.71. The molecule has 0 unspecified atom stereocenters. The number of aromatic amines is 1. The SMILES string of the molecule is c1cc2c(cn1)[nH]c1ccc(CC3CCNCC3)cc12. The molecule has 3 nitrogen and oxygen atoms in total. The Morgan fingerprint density at radius 3 is 2.85 bits per heavy atom. The first-order valence-electron chi connectivity index (χ1n) is 7.45. The summed E-state index contributed by atoms with van der Waals surface area (Å²) >= 11 is 0. The molecule has 1 saturated heterocycles.